The highest BCUT2D eigenvalue weighted by Gasteiger charge is 2.32. The number of nitrogens with one attached hydrogen (secondary N) is 2. The molecule has 0 bridgehead atoms. The first-order valence-corrected chi connectivity index (χ1v) is 9.03. The molecular formula is C19H26N4O3. The molecule has 0 saturated carbocycles. The maximum absolute atomic E-state index is 12.0. The minimum absolute atomic E-state index is 0.0165. The van der Waals surface area contributed by atoms with Gasteiger partial charge < -0.3 is 15.4 Å². The van der Waals surface area contributed by atoms with Crippen molar-refractivity contribution in [1.29, 1.82) is 0 Å². The van der Waals surface area contributed by atoms with Crippen LogP contribution in [-0.4, -0.2) is 71.0 Å². The number of aromatic nitrogens is 1. The lowest BCUT2D eigenvalue weighted by atomic mass is 10.0. The van der Waals surface area contributed by atoms with E-state index in [2.05, 4.69) is 15.2 Å². The first-order valence-electron chi connectivity index (χ1n) is 9.03. The summed E-state index contributed by atoms with van der Waals surface area (Å²) in [6.07, 6.45) is 1.81. The zero-order valence-corrected chi connectivity index (χ0v) is 15.3. The molecule has 3 rings (SSSR count). The van der Waals surface area contributed by atoms with E-state index in [4.69, 9.17) is 0 Å². The minimum Gasteiger partial charge on any atom is -0.480 e. The van der Waals surface area contributed by atoms with Crippen molar-refractivity contribution in [2.45, 2.75) is 19.9 Å². The first kappa shape index (κ1) is 18.4. The van der Waals surface area contributed by atoms with E-state index in [1.807, 2.05) is 43.1 Å². The summed E-state index contributed by atoms with van der Waals surface area (Å²) in [5.41, 5.74) is 2.86. The number of rotatable bonds is 6. The van der Waals surface area contributed by atoms with Gasteiger partial charge in [-0.2, -0.15) is 0 Å². The van der Waals surface area contributed by atoms with E-state index in [0.29, 0.717) is 39.3 Å². The van der Waals surface area contributed by atoms with Crippen LogP contribution < -0.4 is 5.32 Å². The van der Waals surface area contributed by atoms with Gasteiger partial charge in [-0.3, -0.25) is 19.4 Å². The molecule has 0 unspecified atom stereocenters. The zero-order valence-electron chi connectivity index (χ0n) is 15.3. The second-order valence-corrected chi connectivity index (χ2v) is 6.80. The Labute approximate surface area is 153 Å². The van der Waals surface area contributed by atoms with Crippen molar-refractivity contribution in [1.82, 2.24) is 20.1 Å². The molecule has 2 heterocycles. The number of amides is 1. The average Bonchev–Trinajstić information content (AvgIpc) is 2.99. The Bertz CT molecular complexity index is 793. The number of hydrogen-bond donors (Lipinski definition) is 3. The molecule has 1 saturated heterocycles. The summed E-state index contributed by atoms with van der Waals surface area (Å²) in [6.45, 7) is 7.50. The van der Waals surface area contributed by atoms with Gasteiger partial charge in [-0.1, -0.05) is 11.6 Å². The summed E-state index contributed by atoms with van der Waals surface area (Å²) in [6, 6.07) is 5.34. The van der Waals surface area contributed by atoms with Gasteiger partial charge in [0.15, 0.2) is 0 Å². The number of carbonyl (C=O) groups is 2. The van der Waals surface area contributed by atoms with Crippen LogP contribution in [0, 0.1) is 6.92 Å². The molecule has 140 valence electrons. The average molecular weight is 358 g/mol. The maximum atomic E-state index is 12.0. The van der Waals surface area contributed by atoms with Crippen molar-refractivity contribution in [2.75, 3.05) is 39.3 Å². The topological polar surface area (TPSA) is 88.7 Å². The highest BCUT2D eigenvalue weighted by atomic mass is 16.4. The summed E-state index contributed by atoms with van der Waals surface area (Å²) in [4.78, 5) is 31.0. The number of benzene rings is 1. The highest BCUT2D eigenvalue weighted by Crippen LogP contribution is 2.30. The third-order valence-electron chi connectivity index (χ3n) is 4.91. The molecule has 1 aliphatic rings. The van der Waals surface area contributed by atoms with Gasteiger partial charge >= 0.3 is 5.97 Å². The number of carboxylic acid groups (broad SMARTS) is 1. The normalized spacial score (nSPS) is 17.3. The van der Waals surface area contributed by atoms with Gasteiger partial charge in [-0.25, -0.2) is 0 Å². The number of fused-ring (bicyclic) bond motifs is 1. The number of hydrogen-bond acceptors (Lipinski definition) is 4. The van der Waals surface area contributed by atoms with Gasteiger partial charge in [0.1, 0.15) is 6.04 Å². The maximum Gasteiger partial charge on any atom is 0.325 e. The smallest absolute Gasteiger partial charge is 0.325 e. The Hall–Kier alpha value is -2.38. The lowest BCUT2D eigenvalue weighted by Gasteiger charge is -2.37. The van der Waals surface area contributed by atoms with Gasteiger partial charge in [-0.05, 0) is 26.0 Å². The molecule has 1 atom stereocenters. The number of carbonyl (C=O) groups excluding carboxylic acids is 1. The zero-order chi connectivity index (χ0) is 18.7. The molecule has 0 radical (unpaired) electrons. The Morgan fingerprint density at radius 1 is 1.27 bits per heavy atom. The summed E-state index contributed by atoms with van der Waals surface area (Å²) < 4.78 is 0. The van der Waals surface area contributed by atoms with Gasteiger partial charge in [0.05, 0.1) is 6.54 Å². The third kappa shape index (κ3) is 3.89. The number of H-pyrrole nitrogens is 1. The lowest BCUT2D eigenvalue weighted by molar-refractivity contribution is -0.144. The first-order chi connectivity index (χ1) is 12.5. The number of carboxylic acids is 1. The van der Waals surface area contributed by atoms with Crippen molar-refractivity contribution in [3.63, 3.8) is 0 Å². The van der Waals surface area contributed by atoms with E-state index in [1.165, 1.54) is 0 Å². The van der Waals surface area contributed by atoms with Crippen molar-refractivity contribution in [3.8, 4) is 0 Å². The van der Waals surface area contributed by atoms with E-state index < -0.39 is 12.0 Å². The molecule has 7 heteroatoms. The summed E-state index contributed by atoms with van der Waals surface area (Å²) in [5, 5.41) is 13.6. The van der Waals surface area contributed by atoms with E-state index in [0.717, 1.165) is 22.0 Å². The molecule has 0 spiro atoms. The fourth-order valence-corrected chi connectivity index (χ4v) is 3.60. The van der Waals surface area contributed by atoms with Crippen LogP contribution in [0.1, 0.15) is 24.1 Å². The van der Waals surface area contributed by atoms with Gasteiger partial charge in [-0.15, -0.1) is 0 Å². The van der Waals surface area contributed by atoms with Crippen LogP contribution in [0.2, 0.25) is 0 Å². The lowest BCUT2D eigenvalue weighted by Crippen LogP contribution is -2.51. The molecule has 1 aromatic carbocycles. The van der Waals surface area contributed by atoms with Crippen LogP contribution >= 0.6 is 0 Å². The number of nitrogens with zero attached hydrogens (tertiary/aromatic N) is 2. The fraction of sp³-hybridized carbons (Fsp3) is 0.474. The highest BCUT2D eigenvalue weighted by molar-refractivity contribution is 5.89. The van der Waals surface area contributed by atoms with E-state index in [9.17, 15) is 14.7 Å². The molecule has 1 fully saturated rings. The van der Waals surface area contributed by atoms with E-state index >= 15 is 0 Å². The van der Waals surface area contributed by atoms with Gasteiger partial charge in [0.2, 0.25) is 5.91 Å². The largest absolute Gasteiger partial charge is 0.480 e. The number of aliphatic carboxylic acids is 1. The molecule has 1 aromatic heterocycles. The predicted molar refractivity (Wildman–Crippen MR) is 100 cm³/mol. The molecule has 2 aromatic rings. The molecular weight excluding hydrogens is 332 g/mol. The molecule has 7 nitrogen and oxygen atoms in total. The number of piperazine rings is 1. The molecule has 26 heavy (non-hydrogen) atoms. The van der Waals surface area contributed by atoms with Gasteiger partial charge in [0, 0.05) is 55.4 Å². The van der Waals surface area contributed by atoms with Crippen LogP contribution in [0.15, 0.2) is 24.4 Å². The van der Waals surface area contributed by atoms with Crippen LogP contribution in [0.5, 0.6) is 0 Å². The van der Waals surface area contributed by atoms with E-state index in [-0.39, 0.29) is 5.91 Å². The van der Waals surface area contributed by atoms with Gasteiger partial charge in [0.25, 0.3) is 0 Å². The molecule has 0 aliphatic carbocycles. The number of aromatic amines is 1. The fourth-order valence-electron chi connectivity index (χ4n) is 3.60. The van der Waals surface area contributed by atoms with Crippen molar-refractivity contribution in [3.05, 3.63) is 35.5 Å². The third-order valence-corrected chi connectivity index (χ3v) is 4.91. The quantitative estimate of drug-likeness (QED) is 0.726. The Kier molecular flexibility index (Phi) is 5.58. The summed E-state index contributed by atoms with van der Waals surface area (Å²) in [7, 11) is 0. The SMILES string of the molecule is CCNC(=O)CN1CCN([C@H](C(=O)O)c2c[nH]c3ccc(C)cc23)CC1. The number of aryl methyl sites for hydroxylation is 1. The van der Waals surface area contributed by atoms with Crippen molar-refractivity contribution >= 4 is 22.8 Å². The molecule has 1 amide bonds. The predicted octanol–water partition coefficient (Wildman–Crippen LogP) is 1.36. The van der Waals surface area contributed by atoms with Crippen molar-refractivity contribution < 1.29 is 14.7 Å². The van der Waals surface area contributed by atoms with Crippen LogP contribution in [0.25, 0.3) is 10.9 Å². The monoisotopic (exact) mass is 358 g/mol. The summed E-state index contributed by atoms with van der Waals surface area (Å²) >= 11 is 0. The standard InChI is InChI=1S/C19H26N4O3/c1-3-20-17(24)12-22-6-8-23(9-7-22)18(19(25)26)15-11-21-16-5-4-13(2)10-14(15)16/h4-5,10-11,18,21H,3,6-9,12H2,1-2H3,(H,20,24)(H,25,26)/t18-/m0/s1. The van der Waals surface area contributed by atoms with Crippen molar-refractivity contribution in [2.24, 2.45) is 0 Å². The van der Waals surface area contributed by atoms with Crippen LogP contribution in [-0.2, 0) is 9.59 Å². The Balaban J connectivity index is 1.74. The molecule has 1 aliphatic heterocycles. The molecule has 3 N–H and O–H groups in total. The second-order valence-electron chi connectivity index (χ2n) is 6.80. The van der Waals surface area contributed by atoms with Crippen LogP contribution in [0.4, 0.5) is 0 Å². The number of likely N-dealkylation sites (N-methyl/N-ethyl adjacent to an activating group) is 1. The van der Waals surface area contributed by atoms with E-state index in [1.54, 1.807) is 0 Å². The minimum atomic E-state index is -0.843. The second kappa shape index (κ2) is 7.88. The van der Waals surface area contributed by atoms with Crippen LogP contribution in [0.3, 0.4) is 0 Å². The Morgan fingerprint density at radius 3 is 2.65 bits per heavy atom. The Morgan fingerprint density at radius 2 is 2.00 bits per heavy atom. The summed E-state index contributed by atoms with van der Waals surface area (Å²) in [5.74, 6) is -0.826.